The molecule has 0 N–H and O–H groups in total. The molecule has 15 aliphatic rings. The highest BCUT2D eigenvalue weighted by atomic mass is 19.3. The van der Waals surface area contributed by atoms with Crippen LogP contribution in [0.15, 0.2) is 0 Å². The first-order chi connectivity index (χ1) is 29.6. The van der Waals surface area contributed by atoms with Crippen molar-refractivity contribution in [2.24, 2.45) is 75.4 Å². The van der Waals surface area contributed by atoms with Crippen LogP contribution in [0.3, 0.4) is 0 Å². The molecule has 12 saturated carbocycles. The number of carbonyl (C=O) groups is 2. The highest BCUT2D eigenvalue weighted by Crippen LogP contribution is 2.69. The van der Waals surface area contributed by atoms with E-state index in [2.05, 4.69) is 0 Å². The van der Waals surface area contributed by atoms with Gasteiger partial charge >= 0.3 is 29.7 Å². The minimum absolute atomic E-state index is 0.00687. The standard InChI is InChI=1S/C46H58F8O9/c47-40(48)21-60-45(61-22-41(40,49)50)31-8-27-9-32(45)15-38(12-27,14-31)35(55)1-2-37(19-58-44(59-20-37)29-4-25-3-26(6-29)7-30(44)5-25)18-57-36(56)39-13-28-10-33(16-39)46(34(11-28)17-39)62-23-42(51,52)43(53,54)24-63-46/h25-34H,1-24H2. The van der Waals surface area contributed by atoms with Crippen molar-refractivity contribution in [1.82, 2.24) is 0 Å². The lowest BCUT2D eigenvalue weighted by Crippen LogP contribution is -2.66. The summed E-state index contributed by atoms with van der Waals surface area (Å²) in [4.78, 5) is 29.2. The Morgan fingerprint density at radius 3 is 1.21 bits per heavy atom. The van der Waals surface area contributed by atoms with Crippen LogP contribution in [-0.4, -0.2) is 99.1 Å². The first-order valence-electron chi connectivity index (χ1n) is 23.7. The van der Waals surface area contributed by atoms with Crippen LogP contribution in [0.2, 0.25) is 0 Å². The molecule has 12 bridgehead atoms. The van der Waals surface area contributed by atoms with Crippen molar-refractivity contribution in [3.8, 4) is 0 Å². The number of carbonyl (C=O) groups excluding carboxylic acids is 2. The highest BCUT2D eigenvalue weighted by molar-refractivity contribution is 5.85. The fourth-order valence-electron chi connectivity index (χ4n) is 16.9. The maximum Gasteiger partial charge on any atom is 0.335 e. The summed E-state index contributed by atoms with van der Waals surface area (Å²) in [5.74, 6) is -22.1. The molecular formula is C46H58F8O9. The van der Waals surface area contributed by atoms with Crippen molar-refractivity contribution in [2.75, 3.05) is 46.2 Å². The monoisotopic (exact) mass is 906 g/mol. The lowest BCUT2D eigenvalue weighted by atomic mass is 9.46. The van der Waals surface area contributed by atoms with E-state index >= 15 is 0 Å². The zero-order valence-electron chi connectivity index (χ0n) is 35.4. The number of ether oxygens (including phenoxy) is 7. The van der Waals surface area contributed by atoms with E-state index in [4.69, 9.17) is 33.2 Å². The molecular weight excluding hydrogens is 848 g/mol. The fourth-order valence-corrected chi connectivity index (χ4v) is 16.9. The quantitative estimate of drug-likeness (QED) is 0.184. The van der Waals surface area contributed by atoms with Crippen LogP contribution in [0.4, 0.5) is 35.1 Å². The highest BCUT2D eigenvalue weighted by Gasteiger charge is 2.73. The van der Waals surface area contributed by atoms with Gasteiger partial charge in [0.05, 0.1) is 24.0 Å². The summed E-state index contributed by atoms with van der Waals surface area (Å²) < 4.78 is 159. The Morgan fingerprint density at radius 2 is 0.778 bits per heavy atom. The van der Waals surface area contributed by atoms with Crippen molar-refractivity contribution in [1.29, 1.82) is 0 Å². The molecule has 9 nitrogen and oxygen atoms in total. The average molecular weight is 907 g/mol. The summed E-state index contributed by atoms with van der Waals surface area (Å²) in [6.45, 7) is -5.52. The van der Waals surface area contributed by atoms with Crippen LogP contribution in [0.5, 0.6) is 0 Å². The van der Waals surface area contributed by atoms with Gasteiger partial charge in [0.25, 0.3) is 0 Å². The Morgan fingerprint density at radius 1 is 0.429 bits per heavy atom. The molecule has 4 atom stereocenters. The van der Waals surface area contributed by atoms with Gasteiger partial charge in [0.2, 0.25) is 0 Å². The predicted molar refractivity (Wildman–Crippen MR) is 200 cm³/mol. The molecule has 3 aliphatic heterocycles. The largest absolute Gasteiger partial charge is 0.464 e. The van der Waals surface area contributed by atoms with Gasteiger partial charge in [0.1, 0.15) is 38.8 Å². The van der Waals surface area contributed by atoms with Gasteiger partial charge in [-0.05, 0) is 126 Å². The summed E-state index contributed by atoms with van der Waals surface area (Å²) in [6, 6.07) is 0. The molecule has 63 heavy (non-hydrogen) atoms. The zero-order valence-corrected chi connectivity index (χ0v) is 35.4. The van der Waals surface area contributed by atoms with Crippen LogP contribution in [-0.2, 0) is 42.7 Å². The van der Waals surface area contributed by atoms with E-state index in [1.54, 1.807) is 0 Å². The van der Waals surface area contributed by atoms with Crippen molar-refractivity contribution >= 4 is 11.8 Å². The fraction of sp³-hybridized carbons (Fsp3) is 0.957. The minimum atomic E-state index is -4.40. The predicted octanol–water partition coefficient (Wildman–Crippen LogP) is 8.74. The molecule has 0 aromatic heterocycles. The molecule has 4 unspecified atom stereocenters. The van der Waals surface area contributed by atoms with Gasteiger partial charge in [0, 0.05) is 47.3 Å². The number of hydrogen-bond acceptors (Lipinski definition) is 9. The normalized spacial score (nSPS) is 50.5. The van der Waals surface area contributed by atoms with Crippen LogP contribution >= 0.6 is 0 Å². The van der Waals surface area contributed by atoms with E-state index in [0.29, 0.717) is 50.4 Å². The molecule has 12 aliphatic carbocycles. The molecule has 0 aromatic carbocycles. The lowest BCUT2D eigenvalue weighted by molar-refractivity contribution is -0.384. The molecule has 17 heteroatoms. The average Bonchev–Trinajstić information content (AvgIpc) is 3.38. The smallest absolute Gasteiger partial charge is 0.335 e. The lowest BCUT2D eigenvalue weighted by Gasteiger charge is -2.63. The van der Waals surface area contributed by atoms with Crippen LogP contribution in [0, 0.1) is 75.4 Å². The molecule has 15 rings (SSSR count). The van der Waals surface area contributed by atoms with Crippen LogP contribution < -0.4 is 0 Å². The number of alkyl halides is 8. The molecule has 0 aromatic rings. The Labute approximate surface area is 361 Å². The van der Waals surface area contributed by atoms with Gasteiger partial charge in [-0.1, -0.05) is 0 Å². The maximum atomic E-state index is 14.7. The van der Waals surface area contributed by atoms with E-state index in [1.807, 2.05) is 0 Å². The molecule has 0 amide bonds. The first-order valence-corrected chi connectivity index (χ1v) is 23.7. The van der Waals surface area contributed by atoms with E-state index in [0.717, 1.165) is 25.7 Å². The Bertz CT molecular complexity index is 1690. The van der Waals surface area contributed by atoms with Crippen molar-refractivity contribution < 1.29 is 77.9 Å². The summed E-state index contributed by atoms with van der Waals surface area (Å²) in [5, 5.41) is 0. The molecule has 0 radical (unpaired) electrons. The molecule has 3 heterocycles. The molecule has 3 spiro atoms. The third-order valence-electron chi connectivity index (χ3n) is 19.5. The van der Waals surface area contributed by atoms with Crippen LogP contribution in [0.1, 0.15) is 109 Å². The molecule has 352 valence electrons. The van der Waals surface area contributed by atoms with Crippen molar-refractivity contribution in [3.63, 3.8) is 0 Å². The molecule has 15 fully saturated rings. The number of hydrogen-bond donors (Lipinski definition) is 0. The maximum absolute atomic E-state index is 14.7. The van der Waals surface area contributed by atoms with E-state index < -0.39 is 113 Å². The zero-order chi connectivity index (χ0) is 43.8. The van der Waals surface area contributed by atoms with Crippen molar-refractivity contribution in [3.05, 3.63) is 0 Å². The van der Waals surface area contributed by atoms with Gasteiger partial charge < -0.3 is 33.2 Å². The number of rotatable bonds is 7. The van der Waals surface area contributed by atoms with Gasteiger partial charge in [-0.3, -0.25) is 9.59 Å². The number of esters is 1. The minimum Gasteiger partial charge on any atom is -0.464 e. The number of ketones is 1. The second kappa shape index (κ2) is 13.5. The summed E-state index contributed by atoms with van der Waals surface area (Å²) in [7, 11) is 0. The van der Waals surface area contributed by atoms with Crippen molar-refractivity contribution in [2.45, 2.75) is 150 Å². The second-order valence-corrected chi connectivity index (χ2v) is 23.3. The third kappa shape index (κ3) is 6.04. The summed E-state index contributed by atoms with van der Waals surface area (Å²) in [5.41, 5.74) is -2.67. The van der Waals surface area contributed by atoms with Gasteiger partial charge in [-0.25, -0.2) is 0 Å². The van der Waals surface area contributed by atoms with E-state index in [1.165, 1.54) is 6.42 Å². The van der Waals surface area contributed by atoms with Crippen LogP contribution in [0.25, 0.3) is 0 Å². The van der Waals surface area contributed by atoms with E-state index in [9.17, 15) is 44.7 Å². The topological polar surface area (TPSA) is 98.8 Å². The molecule has 3 saturated heterocycles. The second-order valence-electron chi connectivity index (χ2n) is 23.3. The Hall–Kier alpha value is -1.66. The van der Waals surface area contributed by atoms with E-state index in [-0.39, 0.29) is 87.8 Å². The first kappa shape index (κ1) is 42.7. The van der Waals surface area contributed by atoms with Gasteiger partial charge in [0.15, 0.2) is 17.4 Å². The SMILES string of the molecule is O=C(CCC1(COC(=O)C23CC4CC(C2)C2(OCC(F)(F)C(F)(F)CO2)C(C4)C3)COC2(OC1)C1CC3CC(C1)CC2C3)C12CC3CC(C1)C1(OCC(F)(F)C(F)(F)CO1)C(C3)C2. The third-order valence-corrected chi connectivity index (χ3v) is 19.5. The Kier molecular flexibility index (Phi) is 9.16. The van der Waals surface area contributed by atoms with Gasteiger partial charge in [-0.15, -0.1) is 0 Å². The summed E-state index contributed by atoms with van der Waals surface area (Å²) in [6.07, 6.45) is 9.98. The number of halogens is 8. The summed E-state index contributed by atoms with van der Waals surface area (Å²) >= 11 is 0. The van der Waals surface area contributed by atoms with Gasteiger partial charge in [-0.2, -0.15) is 35.1 Å². The Balaban J connectivity index is 0.770. The number of Topliss-reactive ketones (excluding diaryl/α,β-unsaturated/α-hetero) is 1.